The van der Waals surface area contributed by atoms with E-state index in [2.05, 4.69) is 25.9 Å². The molecule has 0 atom stereocenters. The van der Waals surface area contributed by atoms with Crippen LogP contribution in [0.2, 0.25) is 0 Å². The van der Waals surface area contributed by atoms with Crippen LogP contribution in [-0.4, -0.2) is 39.6 Å². The second-order valence-electron chi connectivity index (χ2n) is 6.44. The molecule has 0 amide bonds. The van der Waals surface area contributed by atoms with Crippen LogP contribution in [0.1, 0.15) is 17.7 Å². The zero-order valence-corrected chi connectivity index (χ0v) is 15.2. The van der Waals surface area contributed by atoms with E-state index in [-0.39, 0.29) is 0 Å². The van der Waals surface area contributed by atoms with Crippen molar-refractivity contribution in [1.82, 2.24) is 25.3 Å². The SMILES string of the molecule is c1cncc(NCCCNc2nc(-c3cccnc3)nc3c2CCNC3)c1. The Morgan fingerprint density at radius 2 is 1.81 bits per heavy atom. The second-order valence-corrected chi connectivity index (χ2v) is 6.44. The van der Waals surface area contributed by atoms with Crippen molar-refractivity contribution in [3.05, 3.63) is 60.3 Å². The first-order chi connectivity index (χ1) is 13.4. The van der Waals surface area contributed by atoms with Crippen molar-refractivity contribution in [2.75, 3.05) is 30.3 Å². The molecule has 0 spiro atoms. The van der Waals surface area contributed by atoms with Gasteiger partial charge in [0.05, 0.1) is 11.4 Å². The first-order valence-corrected chi connectivity index (χ1v) is 9.29. The Labute approximate surface area is 158 Å². The van der Waals surface area contributed by atoms with Gasteiger partial charge in [-0.15, -0.1) is 0 Å². The molecule has 0 radical (unpaired) electrons. The Morgan fingerprint density at radius 3 is 2.63 bits per heavy atom. The summed E-state index contributed by atoms with van der Waals surface area (Å²) in [6, 6.07) is 7.86. The van der Waals surface area contributed by atoms with E-state index in [4.69, 9.17) is 9.97 Å². The van der Waals surface area contributed by atoms with Crippen LogP contribution in [0, 0.1) is 0 Å². The van der Waals surface area contributed by atoms with E-state index >= 15 is 0 Å². The van der Waals surface area contributed by atoms with Crippen LogP contribution in [0.15, 0.2) is 49.1 Å². The van der Waals surface area contributed by atoms with Gasteiger partial charge in [-0.2, -0.15) is 0 Å². The van der Waals surface area contributed by atoms with Gasteiger partial charge in [0.25, 0.3) is 0 Å². The quantitative estimate of drug-likeness (QED) is 0.557. The summed E-state index contributed by atoms with van der Waals surface area (Å²) in [6.45, 7) is 3.46. The second kappa shape index (κ2) is 8.55. The molecule has 1 aliphatic rings. The number of aromatic nitrogens is 4. The van der Waals surface area contributed by atoms with Crippen molar-refractivity contribution in [3.63, 3.8) is 0 Å². The van der Waals surface area contributed by atoms with Crippen molar-refractivity contribution in [3.8, 4) is 11.4 Å². The van der Waals surface area contributed by atoms with Gasteiger partial charge in [0.2, 0.25) is 0 Å². The Morgan fingerprint density at radius 1 is 0.963 bits per heavy atom. The number of fused-ring (bicyclic) bond motifs is 1. The summed E-state index contributed by atoms with van der Waals surface area (Å²) in [7, 11) is 0. The molecule has 0 saturated heterocycles. The molecule has 0 bridgehead atoms. The number of pyridine rings is 2. The van der Waals surface area contributed by atoms with Crippen molar-refractivity contribution in [2.24, 2.45) is 0 Å². The van der Waals surface area contributed by atoms with Crippen LogP contribution in [-0.2, 0) is 13.0 Å². The minimum atomic E-state index is 0.724. The standard InChI is InChI=1S/C20H23N7/c1-4-15(12-21-7-1)19-26-18-14-23-11-6-17(18)20(27-19)25-10-3-9-24-16-5-2-8-22-13-16/h1-2,4-5,7-8,12-13,23-24H,3,6,9-11,14H2,(H,25,26,27). The maximum atomic E-state index is 4.79. The predicted molar refractivity (Wildman–Crippen MR) is 107 cm³/mol. The highest BCUT2D eigenvalue weighted by Gasteiger charge is 2.18. The summed E-state index contributed by atoms with van der Waals surface area (Å²) >= 11 is 0. The fraction of sp³-hybridized carbons (Fsp3) is 0.300. The van der Waals surface area contributed by atoms with Crippen LogP contribution in [0.5, 0.6) is 0 Å². The Bertz CT molecular complexity index is 868. The highest BCUT2D eigenvalue weighted by atomic mass is 15.1. The van der Waals surface area contributed by atoms with Gasteiger partial charge < -0.3 is 16.0 Å². The topological polar surface area (TPSA) is 87.7 Å². The van der Waals surface area contributed by atoms with Crippen LogP contribution >= 0.6 is 0 Å². The maximum absolute atomic E-state index is 4.79. The lowest BCUT2D eigenvalue weighted by Gasteiger charge is -2.20. The molecule has 3 N–H and O–H groups in total. The molecule has 7 heteroatoms. The molecule has 4 heterocycles. The molecule has 0 aromatic carbocycles. The molecule has 27 heavy (non-hydrogen) atoms. The van der Waals surface area contributed by atoms with Gasteiger partial charge in [0.15, 0.2) is 5.82 Å². The highest BCUT2D eigenvalue weighted by Crippen LogP contribution is 2.24. The Kier molecular flexibility index (Phi) is 5.50. The predicted octanol–water partition coefficient (Wildman–Crippen LogP) is 2.49. The lowest BCUT2D eigenvalue weighted by atomic mass is 10.1. The summed E-state index contributed by atoms with van der Waals surface area (Å²) in [5.41, 5.74) is 4.28. The molecule has 0 aliphatic carbocycles. The van der Waals surface area contributed by atoms with Crippen molar-refractivity contribution in [1.29, 1.82) is 0 Å². The van der Waals surface area contributed by atoms with Crippen molar-refractivity contribution < 1.29 is 0 Å². The molecule has 1 aliphatic heterocycles. The summed E-state index contributed by atoms with van der Waals surface area (Å²) in [6.07, 6.45) is 9.10. The average molecular weight is 361 g/mol. The molecule has 4 rings (SSSR count). The molecule has 3 aromatic heterocycles. The minimum Gasteiger partial charge on any atom is -0.384 e. The minimum absolute atomic E-state index is 0.724. The van der Waals surface area contributed by atoms with E-state index in [9.17, 15) is 0 Å². The fourth-order valence-corrected chi connectivity index (χ4v) is 3.13. The zero-order valence-electron chi connectivity index (χ0n) is 15.2. The number of anilines is 2. The first-order valence-electron chi connectivity index (χ1n) is 9.29. The van der Waals surface area contributed by atoms with Gasteiger partial charge in [-0.1, -0.05) is 0 Å². The maximum Gasteiger partial charge on any atom is 0.163 e. The lowest BCUT2D eigenvalue weighted by Crippen LogP contribution is -2.27. The van der Waals surface area contributed by atoms with E-state index in [1.54, 1.807) is 18.6 Å². The number of rotatable bonds is 7. The number of hydrogen-bond donors (Lipinski definition) is 3. The number of hydrogen-bond acceptors (Lipinski definition) is 7. The molecule has 3 aromatic rings. The van der Waals surface area contributed by atoms with E-state index in [1.165, 1.54) is 5.56 Å². The summed E-state index contributed by atoms with van der Waals surface area (Å²) in [4.78, 5) is 17.8. The van der Waals surface area contributed by atoms with E-state index in [1.807, 2.05) is 30.5 Å². The van der Waals surface area contributed by atoms with E-state index in [0.29, 0.717) is 0 Å². The molecule has 138 valence electrons. The van der Waals surface area contributed by atoms with Crippen LogP contribution < -0.4 is 16.0 Å². The third kappa shape index (κ3) is 4.38. The van der Waals surface area contributed by atoms with Gasteiger partial charge >= 0.3 is 0 Å². The van der Waals surface area contributed by atoms with E-state index < -0.39 is 0 Å². The highest BCUT2D eigenvalue weighted by molar-refractivity contribution is 5.59. The summed E-state index contributed by atoms with van der Waals surface area (Å²) < 4.78 is 0. The average Bonchev–Trinajstić information content (AvgIpc) is 2.74. The van der Waals surface area contributed by atoms with Gasteiger partial charge in [0, 0.05) is 55.5 Å². The lowest BCUT2D eigenvalue weighted by molar-refractivity contribution is 0.625. The van der Waals surface area contributed by atoms with Gasteiger partial charge in [-0.25, -0.2) is 9.97 Å². The molecule has 7 nitrogen and oxygen atoms in total. The summed E-state index contributed by atoms with van der Waals surface area (Å²) in [5.74, 6) is 1.67. The molecule has 0 fully saturated rings. The van der Waals surface area contributed by atoms with Gasteiger partial charge in [0.1, 0.15) is 5.82 Å². The number of nitrogens with one attached hydrogen (secondary N) is 3. The molecular weight excluding hydrogens is 338 g/mol. The molecule has 0 saturated carbocycles. The van der Waals surface area contributed by atoms with Gasteiger partial charge in [-0.3, -0.25) is 9.97 Å². The number of nitrogens with zero attached hydrogens (tertiary/aromatic N) is 4. The van der Waals surface area contributed by atoms with Crippen LogP contribution in [0.3, 0.4) is 0 Å². The zero-order chi connectivity index (χ0) is 18.3. The first kappa shape index (κ1) is 17.4. The molecule has 0 unspecified atom stereocenters. The fourth-order valence-electron chi connectivity index (χ4n) is 3.13. The van der Waals surface area contributed by atoms with E-state index in [0.717, 1.165) is 67.6 Å². The third-order valence-corrected chi connectivity index (χ3v) is 4.49. The Balaban J connectivity index is 1.43. The third-order valence-electron chi connectivity index (χ3n) is 4.49. The normalized spacial score (nSPS) is 13.0. The van der Waals surface area contributed by atoms with Crippen LogP contribution in [0.25, 0.3) is 11.4 Å². The van der Waals surface area contributed by atoms with Crippen molar-refractivity contribution in [2.45, 2.75) is 19.4 Å². The molecular formula is C20H23N7. The van der Waals surface area contributed by atoms with Crippen LogP contribution in [0.4, 0.5) is 11.5 Å². The van der Waals surface area contributed by atoms with Crippen molar-refractivity contribution >= 4 is 11.5 Å². The van der Waals surface area contributed by atoms with Gasteiger partial charge in [-0.05, 0) is 43.7 Å². The summed E-state index contributed by atoms with van der Waals surface area (Å²) in [5, 5.41) is 10.3. The smallest absolute Gasteiger partial charge is 0.163 e. The largest absolute Gasteiger partial charge is 0.384 e. The Hall–Kier alpha value is -3.06. The monoisotopic (exact) mass is 361 g/mol.